The highest BCUT2D eigenvalue weighted by Crippen LogP contribution is 2.46. The number of carbonyl (C=O) groups is 2. The number of esters is 2. The van der Waals surface area contributed by atoms with E-state index >= 15 is 0 Å². The van der Waals surface area contributed by atoms with Crippen molar-refractivity contribution in [3.63, 3.8) is 0 Å². The lowest BCUT2D eigenvalue weighted by atomic mass is 9.87. The molecule has 2 aromatic rings. The monoisotopic (exact) mass is 388 g/mol. The highest BCUT2D eigenvalue weighted by atomic mass is 16.6. The number of hydrogen-bond acceptors (Lipinski definition) is 7. The summed E-state index contributed by atoms with van der Waals surface area (Å²) in [6.45, 7) is 8.44. The van der Waals surface area contributed by atoms with E-state index in [9.17, 15) is 14.4 Å². The second-order valence-corrected chi connectivity index (χ2v) is 7.55. The summed E-state index contributed by atoms with van der Waals surface area (Å²) < 4.78 is 22.8. The molecule has 3 rings (SSSR count). The van der Waals surface area contributed by atoms with Crippen molar-refractivity contribution in [3.8, 4) is 5.75 Å². The van der Waals surface area contributed by atoms with Gasteiger partial charge in [0.15, 0.2) is 12.2 Å². The summed E-state index contributed by atoms with van der Waals surface area (Å²) in [7, 11) is 0. The van der Waals surface area contributed by atoms with Crippen LogP contribution in [0.5, 0.6) is 5.75 Å². The van der Waals surface area contributed by atoms with Crippen LogP contribution < -0.4 is 10.4 Å². The summed E-state index contributed by atoms with van der Waals surface area (Å²) in [5, 5.41) is 0.644. The smallest absolute Gasteiger partial charge is 0.336 e. The average molecular weight is 388 g/mol. The van der Waals surface area contributed by atoms with E-state index in [0.29, 0.717) is 23.1 Å². The third-order valence-corrected chi connectivity index (χ3v) is 4.96. The van der Waals surface area contributed by atoms with E-state index in [2.05, 4.69) is 0 Å². The Kier molecular flexibility index (Phi) is 5.19. The van der Waals surface area contributed by atoms with E-state index in [1.165, 1.54) is 13.0 Å². The third-order valence-electron chi connectivity index (χ3n) is 4.96. The Morgan fingerprint density at radius 1 is 1.18 bits per heavy atom. The van der Waals surface area contributed by atoms with Gasteiger partial charge in [-0.3, -0.25) is 9.59 Å². The average Bonchev–Trinajstić information content (AvgIpc) is 2.62. The number of hydrogen-bond donors (Lipinski definition) is 0. The van der Waals surface area contributed by atoms with Crippen molar-refractivity contribution in [1.29, 1.82) is 0 Å². The molecule has 0 aliphatic carbocycles. The van der Waals surface area contributed by atoms with Crippen LogP contribution in [-0.2, 0) is 19.1 Å². The van der Waals surface area contributed by atoms with Crippen LogP contribution in [-0.4, -0.2) is 23.6 Å². The van der Waals surface area contributed by atoms with Gasteiger partial charge in [-0.1, -0.05) is 13.8 Å². The van der Waals surface area contributed by atoms with Gasteiger partial charge in [0, 0.05) is 18.4 Å². The number of rotatable bonds is 4. The molecule has 0 radical (unpaired) electrons. The van der Waals surface area contributed by atoms with E-state index in [4.69, 9.17) is 18.6 Å². The SMILES string of the molecule is CC[C@@H](C)C(=O)O[C@@H]1[C@H](OC(C)=O)c2c(ccc3ccc(=O)oc23)OC1(C)C. The summed E-state index contributed by atoms with van der Waals surface area (Å²) >= 11 is 0. The zero-order valence-electron chi connectivity index (χ0n) is 16.6. The van der Waals surface area contributed by atoms with Crippen LogP contribution in [0.1, 0.15) is 52.7 Å². The van der Waals surface area contributed by atoms with Gasteiger partial charge in [-0.15, -0.1) is 0 Å². The van der Waals surface area contributed by atoms with Crippen LogP contribution in [0.4, 0.5) is 0 Å². The van der Waals surface area contributed by atoms with Crippen molar-refractivity contribution in [2.45, 2.75) is 58.8 Å². The minimum Gasteiger partial charge on any atom is -0.483 e. The third kappa shape index (κ3) is 3.61. The van der Waals surface area contributed by atoms with Gasteiger partial charge < -0.3 is 18.6 Å². The number of ether oxygens (including phenoxy) is 3. The topological polar surface area (TPSA) is 92.0 Å². The Morgan fingerprint density at radius 2 is 1.86 bits per heavy atom. The first-order valence-electron chi connectivity index (χ1n) is 9.27. The molecule has 28 heavy (non-hydrogen) atoms. The van der Waals surface area contributed by atoms with Gasteiger partial charge in [-0.05, 0) is 38.5 Å². The van der Waals surface area contributed by atoms with Crippen molar-refractivity contribution < 1.29 is 28.2 Å². The second kappa shape index (κ2) is 7.30. The van der Waals surface area contributed by atoms with Gasteiger partial charge in [0.25, 0.3) is 0 Å². The van der Waals surface area contributed by atoms with Gasteiger partial charge >= 0.3 is 17.6 Å². The van der Waals surface area contributed by atoms with Crippen molar-refractivity contribution in [1.82, 2.24) is 0 Å². The minimum atomic E-state index is -0.974. The van der Waals surface area contributed by atoms with Crippen LogP contribution in [0.3, 0.4) is 0 Å². The fourth-order valence-corrected chi connectivity index (χ4v) is 3.26. The molecule has 150 valence electrons. The molecule has 0 fully saturated rings. The Balaban J connectivity index is 2.19. The summed E-state index contributed by atoms with van der Waals surface area (Å²) in [6.07, 6.45) is -1.28. The zero-order chi connectivity index (χ0) is 20.6. The van der Waals surface area contributed by atoms with Gasteiger partial charge in [-0.25, -0.2) is 4.79 Å². The van der Waals surface area contributed by atoms with Gasteiger partial charge in [-0.2, -0.15) is 0 Å². The van der Waals surface area contributed by atoms with E-state index < -0.39 is 35.4 Å². The van der Waals surface area contributed by atoms with E-state index in [1.54, 1.807) is 39.0 Å². The zero-order valence-corrected chi connectivity index (χ0v) is 16.6. The molecule has 0 unspecified atom stereocenters. The molecule has 0 bridgehead atoms. The summed E-state index contributed by atoms with van der Waals surface area (Å²) in [6, 6.07) is 6.40. The van der Waals surface area contributed by atoms with Crippen molar-refractivity contribution in [3.05, 3.63) is 40.2 Å². The normalized spacial score (nSPS) is 21.3. The molecule has 1 aliphatic rings. The predicted octanol–water partition coefficient (Wildman–Crippen LogP) is 3.53. The lowest BCUT2D eigenvalue weighted by Gasteiger charge is -2.43. The first-order chi connectivity index (χ1) is 13.1. The quantitative estimate of drug-likeness (QED) is 0.584. The fourth-order valence-electron chi connectivity index (χ4n) is 3.26. The van der Waals surface area contributed by atoms with Crippen molar-refractivity contribution in [2.24, 2.45) is 5.92 Å². The maximum Gasteiger partial charge on any atom is 0.336 e. The van der Waals surface area contributed by atoms with Crippen molar-refractivity contribution >= 4 is 22.9 Å². The van der Waals surface area contributed by atoms with Crippen LogP contribution >= 0.6 is 0 Å². The fraction of sp³-hybridized carbons (Fsp3) is 0.476. The molecular formula is C21H24O7. The summed E-state index contributed by atoms with van der Waals surface area (Å²) in [4.78, 5) is 36.2. The highest BCUT2D eigenvalue weighted by molar-refractivity contribution is 5.83. The molecule has 1 aromatic carbocycles. The number of fused-ring (bicyclic) bond motifs is 3. The largest absolute Gasteiger partial charge is 0.483 e. The molecule has 0 saturated heterocycles. The first-order valence-corrected chi connectivity index (χ1v) is 9.27. The Bertz CT molecular complexity index is 972. The lowest BCUT2D eigenvalue weighted by Crippen LogP contribution is -2.52. The molecule has 0 saturated carbocycles. The first kappa shape index (κ1) is 19.9. The maximum absolute atomic E-state index is 12.5. The van der Waals surface area contributed by atoms with Gasteiger partial charge in [0.1, 0.15) is 16.9 Å². The highest BCUT2D eigenvalue weighted by Gasteiger charge is 2.50. The molecule has 0 spiro atoms. The van der Waals surface area contributed by atoms with E-state index in [-0.39, 0.29) is 11.5 Å². The molecular weight excluding hydrogens is 364 g/mol. The van der Waals surface area contributed by atoms with Gasteiger partial charge in [0.05, 0.1) is 11.5 Å². The Morgan fingerprint density at radius 3 is 2.50 bits per heavy atom. The molecule has 0 amide bonds. The van der Waals surface area contributed by atoms with E-state index in [0.717, 1.165) is 0 Å². The molecule has 3 atom stereocenters. The van der Waals surface area contributed by atoms with Crippen LogP contribution in [0.25, 0.3) is 11.0 Å². The van der Waals surface area contributed by atoms with Crippen molar-refractivity contribution in [2.75, 3.05) is 0 Å². The lowest BCUT2D eigenvalue weighted by molar-refractivity contribution is -0.192. The number of benzene rings is 1. The molecule has 2 heterocycles. The Hall–Kier alpha value is -2.83. The van der Waals surface area contributed by atoms with E-state index in [1.807, 2.05) is 6.92 Å². The molecule has 0 N–H and O–H groups in total. The van der Waals surface area contributed by atoms with Gasteiger partial charge in [0.2, 0.25) is 0 Å². The Labute approximate surface area is 162 Å². The summed E-state index contributed by atoms with van der Waals surface area (Å²) in [5.41, 5.74) is -0.887. The molecule has 1 aromatic heterocycles. The number of carbonyl (C=O) groups excluding carboxylic acids is 2. The van der Waals surface area contributed by atoms with Crippen LogP contribution in [0.15, 0.2) is 33.5 Å². The molecule has 1 aliphatic heterocycles. The molecule has 7 nitrogen and oxygen atoms in total. The molecule has 7 heteroatoms. The summed E-state index contributed by atoms with van der Waals surface area (Å²) in [5.74, 6) is -0.866. The minimum absolute atomic E-state index is 0.247. The second-order valence-electron chi connectivity index (χ2n) is 7.55. The predicted molar refractivity (Wildman–Crippen MR) is 101 cm³/mol. The van der Waals surface area contributed by atoms with Crippen LogP contribution in [0.2, 0.25) is 0 Å². The standard InChI is InChI=1S/C21H24O7/c1-6-11(2)20(24)27-19-18(25-12(3)22)16-14(28-21(19,4)5)9-7-13-8-10-15(23)26-17(13)16/h7-11,18-19H,6H2,1-5H3/t11-,18-,19-/m1/s1. The van der Waals surface area contributed by atoms with Crippen LogP contribution in [0, 0.1) is 5.92 Å². The maximum atomic E-state index is 12.5.